The van der Waals surface area contributed by atoms with E-state index in [4.69, 9.17) is 4.43 Å². The van der Waals surface area contributed by atoms with E-state index in [0.29, 0.717) is 0 Å². The van der Waals surface area contributed by atoms with Crippen molar-refractivity contribution in [3.63, 3.8) is 0 Å². The first kappa shape index (κ1) is 18.6. The number of hydrogen-bond donors (Lipinski definition) is 0. The van der Waals surface area contributed by atoms with Gasteiger partial charge in [0.05, 0.1) is 0 Å². The summed E-state index contributed by atoms with van der Waals surface area (Å²) in [5.74, 6) is 0. The number of benzene rings is 3. The third-order valence-corrected chi connectivity index (χ3v) is 5.51. The maximum atomic E-state index is 5.65. The fraction of sp³-hybridized carbons (Fsp3) is 0.250. The lowest BCUT2D eigenvalue weighted by Crippen LogP contribution is -2.31. The Balaban J connectivity index is 1.94. The molecule has 0 aliphatic rings. The van der Waals surface area contributed by atoms with Gasteiger partial charge in [0.15, 0.2) is 0 Å². The molecule has 0 unspecified atom stereocenters. The average molecular weight is 361 g/mol. The van der Waals surface area contributed by atoms with Crippen LogP contribution in [0.2, 0.25) is 0 Å². The Morgan fingerprint density at radius 3 is 1.23 bits per heavy atom. The summed E-state index contributed by atoms with van der Waals surface area (Å²) in [4.78, 5) is 0. The van der Waals surface area contributed by atoms with Gasteiger partial charge in [-0.15, -0.1) is 0 Å². The molecule has 3 rings (SSSR count). The average Bonchev–Trinajstić information content (AvgIpc) is 2.69. The van der Waals surface area contributed by atoms with Crippen LogP contribution in [0.3, 0.4) is 0 Å². The molecule has 134 valence electrons. The smallest absolute Gasteiger partial charge is 0.145 e. The highest BCUT2D eigenvalue weighted by molar-refractivity contribution is 5.97. The third kappa shape index (κ3) is 5.42. The monoisotopic (exact) mass is 360 g/mol. The highest BCUT2D eigenvalue weighted by Crippen LogP contribution is 2.35. The first-order valence-corrected chi connectivity index (χ1v) is 10.2. The van der Waals surface area contributed by atoms with E-state index in [9.17, 15) is 0 Å². The molecule has 0 radical (unpaired) electrons. The molecule has 0 aliphatic heterocycles. The van der Waals surface area contributed by atoms with Crippen molar-refractivity contribution in [3.05, 3.63) is 108 Å². The molecule has 0 heterocycles. The summed E-state index contributed by atoms with van der Waals surface area (Å²) in [5, 5.41) is 0. The number of hydrogen-bond acceptors (Lipinski definition) is 1. The molecular formula is C24H28OSi. The van der Waals surface area contributed by atoms with Crippen LogP contribution in [0, 0.1) is 5.41 Å². The van der Waals surface area contributed by atoms with Crippen molar-refractivity contribution in [2.24, 2.45) is 5.41 Å². The SMILES string of the molecule is [SiH3]OCCC(Cc1ccccc1)(Cc1ccccc1)Cc1ccccc1. The molecule has 0 atom stereocenters. The lowest BCUT2D eigenvalue weighted by Gasteiger charge is -2.35. The van der Waals surface area contributed by atoms with Gasteiger partial charge in [-0.1, -0.05) is 91.0 Å². The molecule has 0 bridgehead atoms. The standard InChI is InChI=1S/C24H28OSi/c26-25-17-16-24(18-21-10-4-1-5-11-21,19-22-12-6-2-7-13-22)20-23-14-8-3-9-15-23/h1-15H,16-20H2,26H3. The second kappa shape index (κ2) is 9.51. The topological polar surface area (TPSA) is 9.23 Å². The van der Waals surface area contributed by atoms with E-state index < -0.39 is 0 Å². The van der Waals surface area contributed by atoms with Crippen molar-refractivity contribution in [3.8, 4) is 0 Å². The molecule has 1 nitrogen and oxygen atoms in total. The van der Waals surface area contributed by atoms with Crippen molar-refractivity contribution < 1.29 is 4.43 Å². The van der Waals surface area contributed by atoms with E-state index in [2.05, 4.69) is 91.0 Å². The quantitative estimate of drug-likeness (QED) is 0.514. The third-order valence-electron chi connectivity index (χ3n) is 5.10. The van der Waals surface area contributed by atoms with Crippen LogP contribution in [0.25, 0.3) is 0 Å². The number of rotatable bonds is 9. The maximum Gasteiger partial charge on any atom is 0.145 e. The van der Waals surface area contributed by atoms with E-state index in [1.807, 2.05) is 0 Å². The van der Waals surface area contributed by atoms with E-state index in [1.54, 1.807) is 0 Å². The van der Waals surface area contributed by atoms with Gasteiger partial charge >= 0.3 is 0 Å². The molecular weight excluding hydrogens is 332 g/mol. The molecule has 0 spiro atoms. The lowest BCUT2D eigenvalue weighted by atomic mass is 9.70. The second-order valence-electron chi connectivity index (χ2n) is 7.23. The summed E-state index contributed by atoms with van der Waals surface area (Å²) < 4.78 is 5.65. The van der Waals surface area contributed by atoms with Crippen molar-refractivity contribution in [2.45, 2.75) is 25.7 Å². The van der Waals surface area contributed by atoms with Gasteiger partial charge in [0.25, 0.3) is 0 Å². The Hall–Kier alpha value is -2.16. The normalized spacial score (nSPS) is 11.5. The molecule has 0 N–H and O–H groups in total. The summed E-state index contributed by atoms with van der Waals surface area (Å²) in [6, 6.07) is 32.7. The summed E-state index contributed by atoms with van der Waals surface area (Å²) in [7, 11) is 0.801. The zero-order valence-electron chi connectivity index (χ0n) is 15.6. The zero-order chi connectivity index (χ0) is 18.1. The molecule has 0 saturated carbocycles. The Kier molecular flexibility index (Phi) is 6.81. The van der Waals surface area contributed by atoms with Gasteiger partial charge in [0.2, 0.25) is 0 Å². The second-order valence-corrected chi connectivity index (χ2v) is 7.81. The summed E-state index contributed by atoms with van der Waals surface area (Å²) in [5.41, 5.74) is 4.39. The molecule has 3 aromatic rings. The van der Waals surface area contributed by atoms with Crippen LogP contribution in [-0.4, -0.2) is 17.1 Å². The fourth-order valence-electron chi connectivity index (χ4n) is 3.86. The predicted octanol–water partition coefficient (Wildman–Crippen LogP) is 4.39. The molecule has 0 aromatic heterocycles. The Bertz CT molecular complexity index is 655. The van der Waals surface area contributed by atoms with Gasteiger partial charge in [-0.25, -0.2) is 0 Å². The predicted molar refractivity (Wildman–Crippen MR) is 113 cm³/mol. The Labute approximate surface area is 160 Å². The van der Waals surface area contributed by atoms with Crippen LogP contribution in [0.4, 0.5) is 0 Å². The van der Waals surface area contributed by atoms with E-state index in [0.717, 1.165) is 42.8 Å². The summed E-state index contributed by atoms with van der Waals surface area (Å²) in [6.07, 6.45) is 4.29. The van der Waals surface area contributed by atoms with Gasteiger partial charge in [0, 0.05) is 6.61 Å². The maximum absolute atomic E-state index is 5.65. The van der Waals surface area contributed by atoms with Crippen LogP contribution in [0.5, 0.6) is 0 Å². The Morgan fingerprint density at radius 2 is 0.923 bits per heavy atom. The first-order chi connectivity index (χ1) is 12.8. The molecule has 0 aliphatic carbocycles. The van der Waals surface area contributed by atoms with Crippen molar-refractivity contribution in [2.75, 3.05) is 6.61 Å². The van der Waals surface area contributed by atoms with Crippen molar-refractivity contribution >= 4 is 10.5 Å². The fourth-order valence-corrected chi connectivity index (χ4v) is 4.06. The van der Waals surface area contributed by atoms with Gasteiger partial charge in [-0.3, -0.25) is 0 Å². The van der Waals surface area contributed by atoms with E-state index in [1.165, 1.54) is 16.7 Å². The van der Waals surface area contributed by atoms with Crippen LogP contribution in [0.1, 0.15) is 23.1 Å². The summed E-state index contributed by atoms with van der Waals surface area (Å²) in [6.45, 7) is 0.846. The van der Waals surface area contributed by atoms with Crippen LogP contribution in [0.15, 0.2) is 91.0 Å². The molecule has 2 heteroatoms. The first-order valence-electron chi connectivity index (χ1n) is 9.40. The van der Waals surface area contributed by atoms with Crippen LogP contribution >= 0.6 is 0 Å². The molecule has 3 aromatic carbocycles. The lowest BCUT2D eigenvalue weighted by molar-refractivity contribution is 0.196. The highest BCUT2D eigenvalue weighted by atomic mass is 28.2. The molecule has 0 saturated heterocycles. The van der Waals surface area contributed by atoms with Gasteiger partial charge < -0.3 is 4.43 Å². The van der Waals surface area contributed by atoms with Crippen LogP contribution in [-0.2, 0) is 23.7 Å². The molecule has 0 fully saturated rings. The minimum Gasteiger partial charge on any atom is -0.428 e. The van der Waals surface area contributed by atoms with E-state index in [-0.39, 0.29) is 5.41 Å². The molecule has 26 heavy (non-hydrogen) atoms. The van der Waals surface area contributed by atoms with Crippen LogP contribution < -0.4 is 0 Å². The highest BCUT2D eigenvalue weighted by Gasteiger charge is 2.31. The van der Waals surface area contributed by atoms with Gasteiger partial charge in [0.1, 0.15) is 10.5 Å². The van der Waals surface area contributed by atoms with Gasteiger partial charge in [-0.05, 0) is 47.8 Å². The molecule has 0 amide bonds. The summed E-state index contributed by atoms with van der Waals surface area (Å²) >= 11 is 0. The minimum absolute atomic E-state index is 0.161. The Morgan fingerprint density at radius 1 is 0.577 bits per heavy atom. The zero-order valence-corrected chi connectivity index (χ0v) is 17.6. The van der Waals surface area contributed by atoms with Crippen molar-refractivity contribution in [1.82, 2.24) is 0 Å². The van der Waals surface area contributed by atoms with Gasteiger partial charge in [-0.2, -0.15) is 0 Å². The van der Waals surface area contributed by atoms with E-state index >= 15 is 0 Å². The van der Waals surface area contributed by atoms with Crippen molar-refractivity contribution in [1.29, 1.82) is 0 Å². The largest absolute Gasteiger partial charge is 0.428 e. The minimum atomic E-state index is 0.161.